The summed E-state index contributed by atoms with van der Waals surface area (Å²) in [6.45, 7) is 12.0. The van der Waals surface area contributed by atoms with Gasteiger partial charge in [-0.1, -0.05) is 42.5 Å². The highest BCUT2D eigenvalue weighted by molar-refractivity contribution is 5.99. The van der Waals surface area contributed by atoms with Crippen LogP contribution in [0.25, 0.3) is 0 Å². The fraction of sp³-hybridized carbons (Fsp3) is 0.588. The molecule has 1 aromatic rings. The maximum Gasteiger partial charge on any atom is 0.306 e. The summed E-state index contributed by atoms with van der Waals surface area (Å²) in [6, 6.07) is 7.66. The summed E-state index contributed by atoms with van der Waals surface area (Å²) in [7, 11) is 0. The Bertz CT molecular complexity index is 1200. The van der Waals surface area contributed by atoms with Crippen molar-refractivity contribution < 1.29 is 33.8 Å². The summed E-state index contributed by atoms with van der Waals surface area (Å²) < 4.78 is 12.1. The van der Waals surface area contributed by atoms with Gasteiger partial charge in [0.15, 0.2) is 0 Å². The van der Waals surface area contributed by atoms with E-state index < -0.39 is 35.6 Å². The molecule has 3 saturated heterocycles. The van der Waals surface area contributed by atoms with Gasteiger partial charge in [0, 0.05) is 32.2 Å². The lowest BCUT2D eigenvalue weighted by molar-refractivity contribution is -0.149. The number of fused-ring (bicyclic) bond motifs is 1. The molecule has 3 amide bonds. The molecule has 0 aliphatic carbocycles. The summed E-state index contributed by atoms with van der Waals surface area (Å²) in [5, 5.41) is 12.3. The maximum atomic E-state index is 14.2. The Kier molecular flexibility index (Phi) is 11.4. The van der Waals surface area contributed by atoms with Gasteiger partial charge in [-0.3, -0.25) is 19.2 Å². The van der Waals surface area contributed by atoms with Gasteiger partial charge in [-0.05, 0) is 57.9 Å². The number of allylic oxidation sites excluding steroid dienone is 1. The van der Waals surface area contributed by atoms with Crippen molar-refractivity contribution in [2.24, 2.45) is 11.8 Å². The molecular weight excluding hydrogens is 562 g/mol. The number of amides is 3. The van der Waals surface area contributed by atoms with Crippen LogP contribution in [0.2, 0.25) is 0 Å². The average Bonchev–Trinajstić information content (AvgIpc) is 3.66. The van der Waals surface area contributed by atoms with Gasteiger partial charge < -0.3 is 29.7 Å². The zero-order chi connectivity index (χ0) is 31.9. The number of ether oxygens (including phenoxy) is 2. The molecule has 6 atom stereocenters. The van der Waals surface area contributed by atoms with Crippen LogP contribution in [0.4, 0.5) is 0 Å². The van der Waals surface area contributed by atoms with Gasteiger partial charge in [-0.2, -0.15) is 0 Å². The van der Waals surface area contributed by atoms with E-state index in [9.17, 15) is 24.3 Å². The van der Waals surface area contributed by atoms with Gasteiger partial charge >= 0.3 is 5.97 Å². The molecule has 4 rings (SSSR count). The molecule has 3 aliphatic rings. The van der Waals surface area contributed by atoms with Crippen LogP contribution in [0.15, 0.2) is 55.6 Å². The summed E-state index contributed by atoms with van der Waals surface area (Å²) in [4.78, 5) is 58.2. The fourth-order valence-corrected chi connectivity index (χ4v) is 7.04. The Morgan fingerprint density at radius 3 is 2.59 bits per heavy atom. The van der Waals surface area contributed by atoms with Gasteiger partial charge in [0.1, 0.15) is 18.2 Å². The Morgan fingerprint density at radius 2 is 1.93 bits per heavy atom. The molecule has 1 spiro atoms. The molecule has 240 valence electrons. The third-order valence-electron chi connectivity index (χ3n) is 9.11. The molecule has 2 bridgehead atoms. The van der Waals surface area contributed by atoms with Crippen LogP contribution in [0.5, 0.6) is 0 Å². The van der Waals surface area contributed by atoms with E-state index in [0.29, 0.717) is 51.6 Å². The molecule has 10 heteroatoms. The van der Waals surface area contributed by atoms with Crippen molar-refractivity contribution in [3.8, 4) is 0 Å². The van der Waals surface area contributed by atoms with E-state index in [0.717, 1.165) is 5.56 Å². The molecule has 3 heterocycles. The molecular formula is C34H47N3O7. The second-order valence-electron chi connectivity index (χ2n) is 12.2. The van der Waals surface area contributed by atoms with Gasteiger partial charge in [0.25, 0.3) is 0 Å². The maximum absolute atomic E-state index is 14.2. The second kappa shape index (κ2) is 15.0. The van der Waals surface area contributed by atoms with Crippen LogP contribution < -0.4 is 5.32 Å². The van der Waals surface area contributed by atoms with Crippen molar-refractivity contribution in [3.63, 3.8) is 0 Å². The van der Waals surface area contributed by atoms with Crippen molar-refractivity contribution in [3.05, 3.63) is 61.2 Å². The van der Waals surface area contributed by atoms with Crippen LogP contribution in [-0.2, 0) is 28.7 Å². The van der Waals surface area contributed by atoms with Crippen LogP contribution in [0.1, 0.15) is 70.4 Å². The van der Waals surface area contributed by atoms with E-state index in [-0.39, 0.29) is 49.4 Å². The first-order chi connectivity index (χ1) is 21.2. The van der Waals surface area contributed by atoms with Crippen molar-refractivity contribution in [1.82, 2.24) is 15.1 Å². The highest BCUT2D eigenvalue weighted by Crippen LogP contribution is 2.58. The van der Waals surface area contributed by atoms with Gasteiger partial charge in [0.05, 0.1) is 24.0 Å². The lowest BCUT2D eigenvalue weighted by atomic mass is 9.70. The number of unbranched alkanes of at least 4 members (excludes halogenated alkanes) is 2. The smallest absolute Gasteiger partial charge is 0.306 e. The summed E-state index contributed by atoms with van der Waals surface area (Å²) in [5.41, 5.74) is -0.338. The number of nitrogens with one attached hydrogen (secondary N) is 1. The second-order valence-corrected chi connectivity index (χ2v) is 12.2. The predicted molar refractivity (Wildman–Crippen MR) is 165 cm³/mol. The normalized spacial score (nSPS) is 25.9. The molecule has 2 N–H and O–H groups in total. The molecule has 1 aromatic carbocycles. The van der Waals surface area contributed by atoms with E-state index in [1.807, 2.05) is 44.2 Å². The number of aliphatic hydroxyl groups excluding tert-OH is 1. The van der Waals surface area contributed by atoms with Crippen molar-refractivity contribution in [1.29, 1.82) is 0 Å². The minimum atomic E-state index is -1.11. The van der Waals surface area contributed by atoms with Crippen LogP contribution in [0.3, 0.4) is 0 Å². The Labute approximate surface area is 260 Å². The summed E-state index contributed by atoms with van der Waals surface area (Å²) in [5.74, 6) is -2.79. The quantitative estimate of drug-likeness (QED) is 0.158. The molecule has 0 radical (unpaired) electrons. The number of carbonyl (C=O) groups excluding carboxylic acids is 4. The highest BCUT2D eigenvalue weighted by Gasteiger charge is 2.74. The molecule has 0 unspecified atom stereocenters. The third-order valence-corrected chi connectivity index (χ3v) is 9.11. The van der Waals surface area contributed by atoms with Gasteiger partial charge in [0.2, 0.25) is 17.7 Å². The summed E-state index contributed by atoms with van der Waals surface area (Å²) >= 11 is 0. The van der Waals surface area contributed by atoms with E-state index in [4.69, 9.17) is 9.47 Å². The number of esters is 1. The van der Waals surface area contributed by atoms with Crippen molar-refractivity contribution in [2.45, 2.75) is 88.6 Å². The Morgan fingerprint density at radius 1 is 1.18 bits per heavy atom. The lowest BCUT2D eigenvalue weighted by Gasteiger charge is -2.38. The fourth-order valence-electron chi connectivity index (χ4n) is 7.04. The SMILES string of the molecule is C=CCCC(=O)OC[C@@H](NC(=O)[C@@H]1[C@@H]2CC[C@]3(O2)[C@H](C(=O)N(CC=C)C(C)C)N(CCCCCO)C(=O)[C@@H]13)c1ccccc1. The van der Waals surface area contributed by atoms with Crippen molar-refractivity contribution in [2.75, 3.05) is 26.3 Å². The Balaban J connectivity index is 1.61. The van der Waals surface area contributed by atoms with Crippen LogP contribution in [-0.4, -0.2) is 88.7 Å². The zero-order valence-corrected chi connectivity index (χ0v) is 26.0. The molecule has 10 nitrogen and oxygen atoms in total. The first kappa shape index (κ1) is 33.4. The van der Waals surface area contributed by atoms with Crippen molar-refractivity contribution >= 4 is 23.7 Å². The average molecular weight is 610 g/mol. The summed E-state index contributed by atoms with van der Waals surface area (Å²) in [6.07, 6.45) is 6.49. The highest BCUT2D eigenvalue weighted by atomic mass is 16.5. The first-order valence-electron chi connectivity index (χ1n) is 15.8. The third kappa shape index (κ3) is 6.76. The van der Waals surface area contributed by atoms with E-state index in [1.165, 1.54) is 0 Å². The molecule has 3 fully saturated rings. The predicted octanol–water partition coefficient (Wildman–Crippen LogP) is 3.31. The van der Waals surface area contributed by atoms with Gasteiger partial charge in [-0.15, -0.1) is 13.2 Å². The molecule has 44 heavy (non-hydrogen) atoms. The number of rotatable bonds is 17. The number of likely N-dealkylation sites (tertiary alicyclic amines) is 1. The number of nitrogens with zero attached hydrogens (tertiary/aromatic N) is 2. The monoisotopic (exact) mass is 609 g/mol. The number of hydrogen-bond acceptors (Lipinski definition) is 7. The number of benzene rings is 1. The lowest BCUT2D eigenvalue weighted by Crippen LogP contribution is -2.57. The number of hydrogen-bond donors (Lipinski definition) is 2. The minimum absolute atomic E-state index is 0.0581. The van der Waals surface area contributed by atoms with E-state index >= 15 is 0 Å². The van der Waals surface area contributed by atoms with E-state index in [2.05, 4.69) is 18.5 Å². The van der Waals surface area contributed by atoms with Gasteiger partial charge in [-0.25, -0.2) is 0 Å². The van der Waals surface area contributed by atoms with Crippen LogP contribution >= 0.6 is 0 Å². The minimum Gasteiger partial charge on any atom is -0.463 e. The standard InChI is InChI=1S/C34H47N3O7/c1-5-7-16-27(39)43-22-25(24-14-10-8-11-15-24)35-31(40)28-26-17-18-34(44-26)29(28)32(41)37(20-12-9-13-21-38)30(34)33(42)36(19-6-2)23(3)4/h5-6,8,10-11,14-15,23,25-26,28-30,38H,1-2,7,9,12-13,16-22H2,3-4H3,(H,35,40)/t25-,26+,28-,29-,30+,34-/m1/s1. The van der Waals surface area contributed by atoms with Crippen LogP contribution in [0, 0.1) is 11.8 Å². The topological polar surface area (TPSA) is 125 Å². The largest absolute Gasteiger partial charge is 0.463 e. The molecule has 0 aromatic heterocycles. The van der Waals surface area contributed by atoms with E-state index in [1.54, 1.807) is 22.0 Å². The number of aliphatic hydroxyl groups is 1. The molecule has 0 saturated carbocycles. The number of carbonyl (C=O) groups is 4. The Hall–Kier alpha value is -3.50. The zero-order valence-electron chi connectivity index (χ0n) is 26.0. The molecule has 3 aliphatic heterocycles. The first-order valence-corrected chi connectivity index (χ1v) is 15.8.